The van der Waals surface area contributed by atoms with Crippen LogP contribution in [0.15, 0.2) is 27.7 Å². The summed E-state index contributed by atoms with van der Waals surface area (Å²) in [5.74, 6) is 1.56. The molecule has 0 bridgehead atoms. The highest BCUT2D eigenvalue weighted by Gasteiger charge is 2.16. The Morgan fingerprint density at radius 2 is 2.00 bits per heavy atom. The van der Waals surface area contributed by atoms with E-state index in [-0.39, 0.29) is 17.8 Å². The Bertz CT molecular complexity index is 750. The number of nitrogens with zero attached hydrogens (tertiary/aromatic N) is 2. The van der Waals surface area contributed by atoms with Crippen LogP contribution in [0.2, 0.25) is 0 Å². The second-order valence-electron chi connectivity index (χ2n) is 6.73. The number of aryl methyl sites for hydroxylation is 3. The van der Waals surface area contributed by atoms with Gasteiger partial charge in [0, 0.05) is 24.6 Å². The third kappa shape index (κ3) is 4.84. The number of aromatic nitrogens is 1. The van der Waals surface area contributed by atoms with Crippen LogP contribution in [0.1, 0.15) is 60.9 Å². The molecule has 1 aromatic heterocycles. The maximum Gasteiger partial charge on any atom is 0.191 e. The van der Waals surface area contributed by atoms with Gasteiger partial charge in [0.15, 0.2) is 5.96 Å². The molecule has 0 saturated heterocycles. The maximum atomic E-state index is 13.8. The van der Waals surface area contributed by atoms with Gasteiger partial charge in [-0.05, 0) is 51.8 Å². The topological polar surface area (TPSA) is 62.5 Å². The molecule has 0 amide bonds. The van der Waals surface area contributed by atoms with E-state index < -0.39 is 0 Å². The maximum absolute atomic E-state index is 13.8. The van der Waals surface area contributed by atoms with E-state index in [4.69, 9.17) is 4.52 Å². The lowest BCUT2D eigenvalue weighted by atomic mass is 10.00. The van der Waals surface area contributed by atoms with Crippen molar-refractivity contribution in [2.45, 2.75) is 53.5 Å². The summed E-state index contributed by atoms with van der Waals surface area (Å²) in [6, 6.07) is 5.25. The molecule has 26 heavy (non-hydrogen) atoms. The van der Waals surface area contributed by atoms with E-state index in [1.165, 1.54) is 0 Å². The molecule has 5 nitrogen and oxygen atoms in total. The second kappa shape index (κ2) is 8.83. The van der Waals surface area contributed by atoms with Gasteiger partial charge in [0.2, 0.25) is 0 Å². The summed E-state index contributed by atoms with van der Waals surface area (Å²) >= 11 is 0. The summed E-state index contributed by atoms with van der Waals surface area (Å²) in [4.78, 5) is 4.69. The highest BCUT2D eigenvalue weighted by molar-refractivity contribution is 5.80. The zero-order valence-corrected chi connectivity index (χ0v) is 16.5. The van der Waals surface area contributed by atoms with E-state index in [9.17, 15) is 4.39 Å². The molecule has 0 fully saturated rings. The van der Waals surface area contributed by atoms with Crippen LogP contribution >= 0.6 is 0 Å². The number of halogens is 1. The summed E-state index contributed by atoms with van der Waals surface area (Å²) in [5.41, 5.74) is 3.55. The molecule has 2 aromatic rings. The van der Waals surface area contributed by atoms with Crippen LogP contribution in [0.25, 0.3) is 0 Å². The molecule has 2 N–H and O–H groups in total. The van der Waals surface area contributed by atoms with Crippen molar-refractivity contribution in [1.82, 2.24) is 15.8 Å². The Hall–Kier alpha value is -2.37. The summed E-state index contributed by atoms with van der Waals surface area (Å²) in [6.07, 6.45) is 0. The molecule has 0 aliphatic heterocycles. The zero-order chi connectivity index (χ0) is 19.3. The molecule has 0 spiro atoms. The van der Waals surface area contributed by atoms with Crippen LogP contribution in [0.5, 0.6) is 0 Å². The number of guanidine groups is 1. The van der Waals surface area contributed by atoms with E-state index >= 15 is 0 Å². The molecular formula is C20H29FN4O. The van der Waals surface area contributed by atoms with Crippen molar-refractivity contribution < 1.29 is 8.91 Å². The fraction of sp³-hybridized carbons (Fsp3) is 0.500. The number of aliphatic imine (C=N–C) groups is 1. The van der Waals surface area contributed by atoms with Gasteiger partial charge in [-0.15, -0.1) is 0 Å². The Morgan fingerprint density at radius 1 is 1.27 bits per heavy atom. The molecule has 0 aliphatic carbocycles. The number of benzene rings is 1. The first kappa shape index (κ1) is 19.9. The quantitative estimate of drug-likeness (QED) is 0.600. The SMILES string of the molecule is CCNC(=NCC(C)c1c(C)noc1C)NC(C)c1ccc(C)c(F)c1. The van der Waals surface area contributed by atoms with Gasteiger partial charge in [-0.25, -0.2) is 4.39 Å². The first-order valence-corrected chi connectivity index (χ1v) is 9.07. The lowest BCUT2D eigenvalue weighted by molar-refractivity contribution is 0.391. The molecule has 142 valence electrons. The van der Waals surface area contributed by atoms with Gasteiger partial charge in [0.25, 0.3) is 0 Å². The van der Waals surface area contributed by atoms with Crippen LogP contribution in [0.3, 0.4) is 0 Å². The number of hydrogen-bond donors (Lipinski definition) is 2. The normalized spacial score (nSPS) is 14.2. The van der Waals surface area contributed by atoms with Crippen molar-refractivity contribution in [3.8, 4) is 0 Å². The summed E-state index contributed by atoms with van der Waals surface area (Å²) in [7, 11) is 0. The minimum Gasteiger partial charge on any atom is -0.361 e. The van der Waals surface area contributed by atoms with Crippen molar-refractivity contribution in [3.63, 3.8) is 0 Å². The summed E-state index contributed by atoms with van der Waals surface area (Å²) in [5, 5.41) is 10.6. The Labute approximate surface area is 155 Å². The Morgan fingerprint density at radius 3 is 2.58 bits per heavy atom. The van der Waals surface area contributed by atoms with Gasteiger partial charge >= 0.3 is 0 Å². The first-order chi connectivity index (χ1) is 12.3. The molecule has 2 atom stereocenters. The standard InChI is InChI=1S/C20H29FN4O/c1-7-22-20(23-11-13(3)19-15(5)25-26-16(19)6)24-14(4)17-9-8-12(2)18(21)10-17/h8-10,13-14H,7,11H2,1-6H3,(H2,22,23,24). The van der Waals surface area contributed by atoms with Crippen molar-refractivity contribution >= 4 is 5.96 Å². The van der Waals surface area contributed by atoms with Crippen LogP contribution < -0.4 is 10.6 Å². The van der Waals surface area contributed by atoms with Crippen molar-refractivity contribution in [1.29, 1.82) is 0 Å². The van der Waals surface area contributed by atoms with E-state index in [0.717, 1.165) is 29.1 Å². The molecule has 0 saturated carbocycles. The highest BCUT2D eigenvalue weighted by Crippen LogP contribution is 2.23. The summed E-state index contributed by atoms with van der Waals surface area (Å²) < 4.78 is 19.1. The second-order valence-corrected chi connectivity index (χ2v) is 6.73. The van der Waals surface area contributed by atoms with Crippen molar-refractivity contribution in [2.24, 2.45) is 4.99 Å². The van der Waals surface area contributed by atoms with Crippen LogP contribution in [0, 0.1) is 26.6 Å². The fourth-order valence-corrected chi connectivity index (χ4v) is 3.00. The molecule has 6 heteroatoms. The predicted molar refractivity (Wildman–Crippen MR) is 103 cm³/mol. The number of nitrogens with one attached hydrogen (secondary N) is 2. The van der Waals surface area contributed by atoms with Gasteiger partial charge in [0.1, 0.15) is 11.6 Å². The average Bonchev–Trinajstić information content (AvgIpc) is 2.93. The average molecular weight is 360 g/mol. The monoisotopic (exact) mass is 360 g/mol. The van der Waals surface area contributed by atoms with E-state index in [1.807, 2.05) is 33.8 Å². The Kier molecular flexibility index (Phi) is 6.77. The zero-order valence-electron chi connectivity index (χ0n) is 16.5. The third-order valence-electron chi connectivity index (χ3n) is 4.50. The molecule has 2 rings (SSSR count). The molecule has 0 aliphatic rings. The lowest BCUT2D eigenvalue weighted by Gasteiger charge is -2.19. The number of rotatable bonds is 6. The Balaban J connectivity index is 2.09. The van der Waals surface area contributed by atoms with Crippen molar-refractivity contribution in [3.05, 3.63) is 52.2 Å². The van der Waals surface area contributed by atoms with E-state index in [0.29, 0.717) is 18.1 Å². The fourth-order valence-electron chi connectivity index (χ4n) is 3.00. The molecule has 2 unspecified atom stereocenters. The van der Waals surface area contributed by atoms with Crippen LogP contribution in [0.4, 0.5) is 4.39 Å². The lowest BCUT2D eigenvalue weighted by Crippen LogP contribution is -2.39. The van der Waals surface area contributed by atoms with Gasteiger partial charge in [-0.3, -0.25) is 4.99 Å². The van der Waals surface area contributed by atoms with Crippen molar-refractivity contribution in [2.75, 3.05) is 13.1 Å². The van der Waals surface area contributed by atoms with E-state index in [1.54, 1.807) is 19.1 Å². The largest absolute Gasteiger partial charge is 0.361 e. The summed E-state index contributed by atoms with van der Waals surface area (Å²) in [6.45, 7) is 13.1. The van der Waals surface area contributed by atoms with Gasteiger partial charge in [-0.1, -0.05) is 24.2 Å². The predicted octanol–water partition coefficient (Wildman–Crippen LogP) is 4.16. The van der Waals surface area contributed by atoms with Gasteiger partial charge in [0.05, 0.1) is 11.7 Å². The van der Waals surface area contributed by atoms with Crippen LogP contribution in [-0.4, -0.2) is 24.2 Å². The number of hydrogen-bond acceptors (Lipinski definition) is 3. The third-order valence-corrected chi connectivity index (χ3v) is 4.50. The van der Waals surface area contributed by atoms with Crippen LogP contribution in [-0.2, 0) is 0 Å². The van der Waals surface area contributed by atoms with Gasteiger partial charge < -0.3 is 15.2 Å². The smallest absolute Gasteiger partial charge is 0.191 e. The molecule has 0 radical (unpaired) electrons. The molecule has 1 aromatic carbocycles. The molecular weight excluding hydrogens is 331 g/mol. The first-order valence-electron chi connectivity index (χ1n) is 9.07. The minimum atomic E-state index is -0.190. The van der Waals surface area contributed by atoms with Gasteiger partial charge in [-0.2, -0.15) is 0 Å². The highest BCUT2D eigenvalue weighted by atomic mass is 19.1. The minimum absolute atomic E-state index is 0.0581. The van der Waals surface area contributed by atoms with E-state index in [2.05, 4.69) is 27.7 Å². The molecule has 1 heterocycles.